The molecule has 0 saturated heterocycles. The van der Waals surface area contributed by atoms with Gasteiger partial charge in [-0.3, -0.25) is 0 Å². The third kappa shape index (κ3) is 2.00. The van der Waals surface area contributed by atoms with Crippen LogP contribution in [0.2, 0.25) is 0 Å². The monoisotopic (exact) mass is 238 g/mol. The highest BCUT2D eigenvalue weighted by Gasteiger charge is 2.03. The lowest BCUT2D eigenvalue weighted by molar-refractivity contribution is 0.297. The lowest BCUT2D eigenvalue weighted by atomic mass is 10.1. The van der Waals surface area contributed by atoms with Crippen LogP contribution >= 0.6 is 0 Å². The molecule has 2 N–H and O–H groups in total. The van der Waals surface area contributed by atoms with Crippen LogP contribution in [0.15, 0.2) is 48.7 Å². The largest absolute Gasteiger partial charge is 0.396 e. The minimum atomic E-state index is 0.116. The molecule has 1 heterocycles. The predicted octanol–water partition coefficient (Wildman–Crippen LogP) is 2.76. The van der Waals surface area contributed by atoms with Gasteiger partial charge in [-0.05, 0) is 16.8 Å². The molecule has 90 valence electrons. The van der Waals surface area contributed by atoms with Gasteiger partial charge in [0.2, 0.25) is 0 Å². The van der Waals surface area contributed by atoms with Crippen molar-refractivity contribution in [2.24, 2.45) is 0 Å². The minimum absolute atomic E-state index is 0.116. The number of benzene rings is 2. The summed E-state index contributed by atoms with van der Waals surface area (Å²) in [6.07, 6.45) is 2.38. The molecule has 0 aliphatic rings. The zero-order valence-corrected chi connectivity index (χ0v) is 9.93. The lowest BCUT2D eigenvalue weighted by Crippen LogP contribution is -1.92. The van der Waals surface area contributed by atoms with Gasteiger partial charge in [-0.25, -0.2) is 4.98 Å². The standard InChI is InChI=1S/C15H14N2O/c18-8-7-15-16-10-14(17-15)13-6-5-11-3-1-2-4-12(11)9-13/h1-6,9-10,18H,7-8H2,(H,16,17). The first-order valence-corrected chi connectivity index (χ1v) is 6.01. The first-order valence-electron chi connectivity index (χ1n) is 6.01. The summed E-state index contributed by atoms with van der Waals surface area (Å²) < 4.78 is 0. The van der Waals surface area contributed by atoms with E-state index in [2.05, 4.69) is 40.3 Å². The van der Waals surface area contributed by atoms with Gasteiger partial charge in [0.25, 0.3) is 0 Å². The first-order chi connectivity index (χ1) is 8.86. The molecule has 0 bridgehead atoms. The van der Waals surface area contributed by atoms with Crippen LogP contribution in [-0.2, 0) is 6.42 Å². The van der Waals surface area contributed by atoms with Crippen LogP contribution in [0.3, 0.4) is 0 Å². The average molecular weight is 238 g/mol. The van der Waals surface area contributed by atoms with E-state index in [1.165, 1.54) is 10.8 Å². The Balaban J connectivity index is 2.02. The van der Waals surface area contributed by atoms with E-state index in [0.717, 1.165) is 17.1 Å². The highest BCUT2D eigenvalue weighted by molar-refractivity contribution is 5.86. The number of aliphatic hydroxyl groups is 1. The molecule has 18 heavy (non-hydrogen) atoms. The van der Waals surface area contributed by atoms with Crippen LogP contribution in [0.1, 0.15) is 5.82 Å². The molecule has 2 aromatic carbocycles. The van der Waals surface area contributed by atoms with Gasteiger partial charge in [0, 0.05) is 12.0 Å². The Labute approximate surface area is 105 Å². The smallest absolute Gasteiger partial charge is 0.108 e. The maximum Gasteiger partial charge on any atom is 0.108 e. The zero-order chi connectivity index (χ0) is 12.4. The maximum absolute atomic E-state index is 8.88. The van der Waals surface area contributed by atoms with Crippen molar-refractivity contribution in [2.45, 2.75) is 6.42 Å². The number of rotatable bonds is 3. The highest BCUT2D eigenvalue weighted by atomic mass is 16.3. The Bertz CT molecular complexity index is 673. The third-order valence-electron chi connectivity index (χ3n) is 3.04. The van der Waals surface area contributed by atoms with Crippen LogP contribution in [0.25, 0.3) is 22.0 Å². The van der Waals surface area contributed by atoms with Gasteiger partial charge >= 0.3 is 0 Å². The Morgan fingerprint density at radius 2 is 1.89 bits per heavy atom. The van der Waals surface area contributed by atoms with E-state index in [4.69, 9.17) is 5.11 Å². The minimum Gasteiger partial charge on any atom is -0.396 e. The summed E-state index contributed by atoms with van der Waals surface area (Å²) >= 11 is 0. The summed E-state index contributed by atoms with van der Waals surface area (Å²) in [6.45, 7) is 0.116. The van der Waals surface area contributed by atoms with Crippen molar-refractivity contribution in [3.8, 4) is 11.3 Å². The Hall–Kier alpha value is -2.13. The normalized spacial score (nSPS) is 10.9. The molecule has 0 unspecified atom stereocenters. The van der Waals surface area contributed by atoms with Crippen molar-refractivity contribution in [1.82, 2.24) is 9.97 Å². The molecule has 0 amide bonds. The summed E-state index contributed by atoms with van der Waals surface area (Å²) in [4.78, 5) is 7.47. The first kappa shape index (κ1) is 11.0. The van der Waals surface area contributed by atoms with Crippen LogP contribution in [-0.4, -0.2) is 21.7 Å². The number of H-pyrrole nitrogens is 1. The number of nitrogens with one attached hydrogen (secondary N) is 1. The summed E-state index contributed by atoms with van der Waals surface area (Å²) in [5, 5.41) is 11.3. The molecule has 0 radical (unpaired) electrons. The van der Waals surface area contributed by atoms with E-state index >= 15 is 0 Å². The number of aliphatic hydroxyl groups excluding tert-OH is 1. The zero-order valence-electron chi connectivity index (χ0n) is 9.93. The number of nitrogens with zero attached hydrogens (tertiary/aromatic N) is 1. The molecular formula is C15H14N2O. The number of aromatic nitrogens is 2. The average Bonchev–Trinajstić information content (AvgIpc) is 2.87. The van der Waals surface area contributed by atoms with Gasteiger partial charge in [0.15, 0.2) is 0 Å². The Morgan fingerprint density at radius 3 is 2.72 bits per heavy atom. The molecule has 0 spiro atoms. The number of hydrogen-bond donors (Lipinski definition) is 2. The molecule has 3 aromatic rings. The van der Waals surface area contributed by atoms with Crippen molar-refractivity contribution in [3.05, 3.63) is 54.5 Å². The third-order valence-corrected chi connectivity index (χ3v) is 3.04. The van der Waals surface area contributed by atoms with Crippen molar-refractivity contribution in [1.29, 1.82) is 0 Å². The molecule has 0 saturated carbocycles. The van der Waals surface area contributed by atoms with Gasteiger partial charge in [0.1, 0.15) is 5.82 Å². The van der Waals surface area contributed by atoms with E-state index in [1.54, 1.807) is 0 Å². The summed E-state index contributed by atoms with van der Waals surface area (Å²) in [6, 6.07) is 14.6. The number of hydrogen-bond acceptors (Lipinski definition) is 2. The van der Waals surface area contributed by atoms with Crippen molar-refractivity contribution >= 4 is 10.8 Å². The highest BCUT2D eigenvalue weighted by Crippen LogP contribution is 2.23. The fourth-order valence-electron chi connectivity index (χ4n) is 2.10. The number of aromatic amines is 1. The quantitative estimate of drug-likeness (QED) is 0.737. The van der Waals surface area contributed by atoms with Gasteiger partial charge in [-0.1, -0.05) is 36.4 Å². The van der Waals surface area contributed by atoms with Crippen molar-refractivity contribution < 1.29 is 5.11 Å². The lowest BCUT2D eigenvalue weighted by Gasteiger charge is -2.01. The Morgan fingerprint density at radius 1 is 1.06 bits per heavy atom. The van der Waals surface area contributed by atoms with Crippen LogP contribution in [0, 0.1) is 0 Å². The molecule has 1 aromatic heterocycles. The van der Waals surface area contributed by atoms with Crippen LogP contribution in [0.5, 0.6) is 0 Å². The SMILES string of the molecule is OCCc1ncc(-c2ccc3ccccc3c2)[nH]1. The predicted molar refractivity (Wildman–Crippen MR) is 72.3 cm³/mol. The van der Waals surface area contributed by atoms with Crippen molar-refractivity contribution in [3.63, 3.8) is 0 Å². The van der Waals surface area contributed by atoms with Crippen LogP contribution < -0.4 is 0 Å². The van der Waals surface area contributed by atoms with E-state index in [1.807, 2.05) is 18.3 Å². The fourth-order valence-corrected chi connectivity index (χ4v) is 2.10. The molecule has 0 aliphatic carbocycles. The van der Waals surface area contributed by atoms with Crippen molar-refractivity contribution in [2.75, 3.05) is 6.61 Å². The molecule has 3 heteroatoms. The second kappa shape index (κ2) is 4.63. The van der Waals surface area contributed by atoms with Gasteiger partial charge in [-0.2, -0.15) is 0 Å². The summed E-state index contributed by atoms with van der Waals surface area (Å²) in [5.41, 5.74) is 2.11. The van der Waals surface area contributed by atoms with Crippen LogP contribution in [0.4, 0.5) is 0 Å². The van der Waals surface area contributed by atoms with Gasteiger partial charge in [0.05, 0.1) is 18.5 Å². The molecule has 3 rings (SSSR count). The number of fused-ring (bicyclic) bond motifs is 1. The second-order valence-electron chi connectivity index (χ2n) is 4.28. The molecule has 0 fully saturated rings. The van der Waals surface area contributed by atoms with E-state index in [-0.39, 0.29) is 6.61 Å². The molecular weight excluding hydrogens is 224 g/mol. The van der Waals surface area contributed by atoms with E-state index in [9.17, 15) is 0 Å². The molecule has 0 aliphatic heterocycles. The van der Waals surface area contributed by atoms with E-state index < -0.39 is 0 Å². The van der Waals surface area contributed by atoms with E-state index in [0.29, 0.717) is 6.42 Å². The summed E-state index contributed by atoms with van der Waals surface area (Å²) in [7, 11) is 0. The topological polar surface area (TPSA) is 48.9 Å². The summed E-state index contributed by atoms with van der Waals surface area (Å²) in [5.74, 6) is 0.820. The Kier molecular flexibility index (Phi) is 2.82. The van der Waals surface area contributed by atoms with Gasteiger partial charge in [-0.15, -0.1) is 0 Å². The maximum atomic E-state index is 8.88. The number of imidazole rings is 1. The fraction of sp³-hybridized carbons (Fsp3) is 0.133. The van der Waals surface area contributed by atoms with Gasteiger partial charge < -0.3 is 10.1 Å². The molecule has 3 nitrogen and oxygen atoms in total. The second-order valence-corrected chi connectivity index (χ2v) is 4.28. The molecule has 0 atom stereocenters.